The molecule has 2 amide bonds. The Balaban J connectivity index is 2.20. The van der Waals surface area contributed by atoms with Gasteiger partial charge in [-0.1, -0.05) is 53.5 Å². The minimum Gasteiger partial charge on any atom is -0.480 e. The average molecular weight is 438 g/mol. The molecule has 1 unspecified atom stereocenters. The summed E-state index contributed by atoms with van der Waals surface area (Å²) in [6, 6.07) is 11.1. The number of benzene rings is 2. The lowest BCUT2D eigenvalue weighted by Gasteiger charge is -2.21. The van der Waals surface area contributed by atoms with Crippen molar-refractivity contribution >= 4 is 41.0 Å². The number of hydrogen-bond donors (Lipinski definition) is 4. The first-order valence-corrected chi connectivity index (χ1v) is 9.41. The predicted molar refractivity (Wildman–Crippen MR) is 112 cm³/mol. The van der Waals surface area contributed by atoms with Crippen molar-refractivity contribution < 1.29 is 19.5 Å². The summed E-state index contributed by atoms with van der Waals surface area (Å²) < 4.78 is 0. The van der Waals surface area contributed by atoms with Crippen molar-refractivity contribution in [1.82, 2.24) is 10.6 Å². The van der Waals surface area contributed by atoms with Crippen molar-refractivity contribution in [3.05, 3.63) is 58.1 Å². The number of halogens is 2. The van der Waals surface area contributed by atoms with Crippen LogP contribution < -0.4 is 16.4 Å². The largest absolute Gasteiger partial charge is 0.480 e. The second-order valence-corrected chi connectivity index (χ2v) is 7.79. The van der Waals surface area contributed by atoms with Gasteiger partial charge in [0.25, 0.3) is 5.91 Å². The van der Waals surface area contributed by atoms with Gasteiger partial charge < -0.3 is 21.5 Å². The molecule has 0 spiro atoms. The number of nitrogens with two attached hydrogens (primary N) is 1. The van der Waals surface area contributed by atoms with Crippen LogP contribution >= 0.6 is 23.2 Å². The molecule has 1 atom stereocenters. The van der Waals surface area contributed by atoms with Crippen LogP contribution in [0.3, 0.4) is 0 Å². The first kappa shape index (κ1) is 22.7. The predicted octanol–water partition coefficient (Wildman–Crippen LogP) is 2.70. The average Bonchev–Trinajstić information content (AvgIpc) is 2.63. The van der Waals surface area contributed by atoms with Crippen LogP contribution in [0, 0.1) is 0 Å². The maximum absolute atomic E-state index is 12.6. The van der Waals surface area contributed by atoms with E-state index in [2.05, 4.69) is 10.6 Å². The van der Waals surface area contributed by atoms with Gasteiger partial charge in [0.05, 0.1) is 21.1 Å². The van der Waals surface area contributed by atoms with Gasteiger partial charge in [-0.2, -0.15) is 0 Å². The zero-order valence-electron chi connectivity index (χ0n) is 15.8. The third-order valence-electron chi connectivity index (χ3n) is 4.03. The van der Waals surface area contributed by atoms with E-state index in [1.807, 2.05) is 30.3 Å². The molecule has 2 aromatic rings. The third kappa shape index (κ3) is 5.93. The summed E-state index contributed by atoms with van der Waals surface area (Å²) in [4.78, 5) is 35.9. The number of carboxylic acid groups (broad SMARTS) is 1. The fourth-order valence-corrected chi connectivity index (χ4v) is 3.10. The maximum Gasteiger partial charge on any atom is 0.328 e. The van der Waals surface area contributed by atoms with Crippen molar-refractivity contribution in [2.45, 2.75) is 25.4 Å². The van der Waals surface area contributed by atoms with Crippen molar-refractivity contribution in [2.24, 2.45) is 5.73 Å². The molecule has 0 fully saturated rings. The highest BCUT2D eigenvalue weighted by Gasteiger charge is 2.27. The van der Waals surface area contributed by atoms with Gasteiger partial charge in [0.15, 0.2) is 0 Å². The lowest BCUT2D eigenvalue weighted by molar-refractivity contribution is -0.139. The van der Waals surface area contributed by atoms with Gasteiger partial charge in [0.1, 0.15) is 6.04 Å². The molecular weight excluding hydrogens is 417 g/mol. The van der Waals surface area contributed by atoms with Crippen molar-refractivity contribution in [1.29, 1.82) is 0 Å². The van der Waals surface area contributed by atoms with E-state index >= 15 is 0 Å². The fourth-order valence-electron chi connectivity index (χ4n) is 2.44. The van der Waals surface area contributed by atoms with Gasteiger partial charge in [0.2, 0.25) is 5.91 Å². The summed E-state index contributed by atoms with van der Waals surface area (Å²) in [6.07, 6.45) is 0. The number of carboxylic acids is 1. The molecule has 5 N–H and O–H groups in total. The van der Waals surface area contributed by atoms with Crippen LogP contribution in [-0.4, -0.2) is 41.0 Å². The topological polar surface area (TPSA) is 122 Å². The van der Waals surface area contributed by atoms with E-state index in [1.165, 1.54) is 13.8 Å². The highest BCUT2D eigenvalue weighted by atomic mass is 35.5. The summed E-state index contributed by atoms with van der Waals surface area (Å²) in [5, 5.41) is 14.2. The number of carbonyl (C=O) groups is 3. The second kappa shape index (κ2) is 9.26. The van der Waals surface area contributed by atoms with Crippen LogP contribution in [0.25, 0.3) is 11.1 Å². The van der Waals surface area contributed by atoms with Crippen LogP contribution in [0.1, 0.15) is 24.2 Å². The highest BCUT2D eigenvalue weighted by Crippen LogP contribution is 2.31. The van der Waals surface area contributed by atoms with Gasteiger partial charge in [-0.25, -0.2) is 4.79 Å². The molecule has 0 saturated carbocycles. The van der Waals surface area contributed by atoms with Crippen molar-refractivity contribution in [2.75, 3.05) is 6.54 Å². The number of hydrogen-bond acceptors (Lipinski definition) is 4. The summed E-state index contributed by atoms with van der Waals surface area (Å²) in [7, 11) is 0. The first-order chi connectivity index (χ1) is 13.5. The highest BCUT2D eigenvalue weighted by molar-refractivity contribution is 6.40. The lowest BCUT2D eigenvalue weighted by Crippen LogP contribution is -2.54. The Morgan fingerprint density at radius 2 is 1.62 bits per heavy atom. The zero-order valence-corrected chi connectivity index (χ0v) is 17.3. The molecule has 9 heteroatoms. The van der Waals surface area contributed by atoms with Gasteiger partial charge in [-0.3, -0.25) is 9.59 Å². The van der Waals surface area contributed by atoms with Crippen molar-refractivity contribution in [3.8, 4) is 11.1 Å². The number of amides is 2. The van der Waals surface area contributed by atoms with E-state index in [1.54, 1.807) is 12.1 Å². The molecule has 2 rings (SSSR count). The Labute approximate surface area is 178 Å². The lowest BCUT2D eigenvalue weighted by atomic mass is 10.0. The normalized spacial score (nSPS) is 12.2. The van der Waals surface area contributed by atoms with E-state index < -0.39 is 29.4 Å². The van der Waals surface area contributed by atoms with E-state index in [9.17, 15) is 19.5 Å². The van der Waals surface area contributed by atoms with Crippen LogP contribution in [-0.2, 0) is 9.59 Å². The van der Waals surface area contributed by atoms with Crippen LogP contribution in [0.5, 0.6) is 0 Å². The molecule has 0 bridgehead atoms. The molecule has 29 heavy (non-hydrogen) atoms. The fraction of sp³-hybridized carbons (Fsp3) is 0.250. The Morgan fingerprint density at radius 1 is 1.07 bits per heavy atom. The second-order valence-electron chi connectivity index (χ2n) is 6.98. The van der Waals surface area contributed by atoms with Crippen molar-refractivity contribution in [3.63, 3.8) is 0 Å². The summed E-state index contributed by atoms with van der Waals surface area (Å²) in [5.41, 5.74) is 5.99. The van der Waals surface area contributed by atoms with E-state index in [-0.39, 0.29) is 22.2 Å². The molecule has 0 saturated heterocycles. The van der Waals surface area contributed by atoms with Gasteiger partial charge in [0, 0.05) is 6.54 Å². The van der Waals surface area contributed by atoms with E-state index in [0.717, 1.165) is 5.56 Å². The molecule has 0 heterocycles. The summed E-state index contributed by atoms with van der Waals surface area (Å²) in [5.74, 6) is -2.66. The molecule has 0 aromatic heterocycles. The quantitative estimate of drug-likeness (QED) is 0.530. The van der Waals surface area contributed by atoms with Gasteiger partial charge in [-0.15, -0.1) is 0 Å². The van der Waals surface area contributed by atoms with Gasteiger partial charge in [-0.05, 0) is 37.1 Å². The van der Waals surface area contributed by atoms with E-state index in [4.69, 9.17) is 28.9 Å². The first-order valence-electron chi connectivity index (χ1n) is 8.66. The molecule has 0 aliphatic carbocycles. The molecular formula is C20H21Cl2N3O4. The zero-order chi connectivity index (χ0) is 21.8. The molecule has 0 radical (unpaired) electrons. The summed E-state index contributed by atoms with van der Waals surface area (Å²) in [6.45, 7) is 2.60. The SMILES string of the molecule is CC(C)(N)C(=O)NCC(NC(=O)c1c(Cl)cc(-c2ccccc2)cc1Cl)C(=O)O. The monoisotopic (exact) mass is 437 g/mol. The minimum atomic E-state index is -1.39. The Morgan fingerprint density at radius 3 is 2.10 bits per heavy atom. The number of carbonyl (C=O) groups excluding carboxylic acids is 2. The number of nitrogens with one attached hydrogen (secondary N) is 2. The number of aliphatic carboxylic acids is 1. The molecule has 0 aliphatic heterocycles. The maximum atomic E-state index is 12.6. The summed E-state index contributed by atoms with van der Waals surface area (Å²) >= 11 is 12.5. The van der Waals surface area contributed by atoms with Crippen LogP contribution in [0.15, 0.2) is 42.5 Å². The standard InChI is InChI=1S/C20H21Cl2N3O4/c1-20(2,23)19(29)24-10-15(18(27)28)25-17(26)16-13(21)8-12(9-14(16)22)11-6-4-3-5-7-11/h3-9,15H,10,23H2,1-2H3,(H,24,29)(H,25,26)(H,27,28). The smallest absolute Gasteiger partial charge is 0.328 e. The Kier molecular flexibility index (Phi) is 7.24. The van der Waals surface area contributed by atoms with Crippen LogP contribution in [0.4, 0.5) is 0 Å². The third-order valence-corrected chi connectivity index (χ3v) is 4.63. The molecule has 2 aromatic carbocycles. The molecule has 154 valence electrons. The van der Waals surface area contributed by atoms with E-state index in [0.29, 0.717) is 5.56 Å². The molecule has 7 nitrogen and oxygen atoms in total. The number of rotatable bonds is 7. The molecule has 0 aliphatic rings. The van der Waals surface area contributed by atoms with Crippen LogP contribution in [0.2, 0.25) is 10.0 Å². The Hall–Kier alpha value is -2.61. The minimum absolute atomic E-state index is 0.0512. The van der Waals surface area contributed by atoms with Gasteiger partial charge >= 0.3 is 5.97 Å². The Bertz CT molecular complexity index is 904.